The van der Waals surface area contributed by atoms with Gasteiger partial charge in [-0.05, 0) is 36.4 Å². The highest BCUT2D eigenvalue weighted by Gasteiger charge is 2.17. The maximum atomic E-state index is 12.4. The van der Waals surface area contributed by atoms with Crippen LogP contribution in [0, 0.1) is 0 Å². The van der Waals surface area contributed by atoms with Crippen molar-refractivity contribution < 1.29 is 13.2 Å². The van der Waals surface area contributed by atoms with Gasteiger partial charge in [-0.3, -0.25) is 4.79 Å². The Hall–Kier alpha value is -2.29. The van der Waals surface area contributed by atoms with Crippen LogP contribution in [0.5, 0.6) is 0 Å². The fourth-order valence-corrected chi connectivity index (χ4v) is 4.24. The quantitative estimate of drug-likeness (QED) is 0.705. The summed E-state index contributed by atoms with van der Waals surface area (Å²) in [5.41, 5.74) is 1.35. The van der Waals surface area contributed by atoms with Gasteiger partial charge in [0.15, 0.2) is 4.80 Å². The Morgan fingerprint density at radius 1 is 1.08 bits per heavy atom. The number of sulfonamides is 1. The van der Waals surface area contributed by atoms with E-state index in [0.29, 0.717) is 10.4 Å². The van der Waals surface area contributed by atoms with Gasteiger partial charge in [0.2, 0.25) is 10.0 Å². The Balaban J connectivity index is 1.97. The molecule has 1 heterocycles. The lowest BCUT2D eigenvalue weighted by molar-refractivity contribution is 0.0998. The number of hydrogen-bond donors (Lipinski definition) is 0. The fraction of sp³-hybridized carbons (Fsp3) is 0.176. The summed E-state index contributed by atoms with van der Waals surface area (Å²) in [5, 5.41) is 0. The zero-order valence-corrected chi connectivity index (χ0v) is 15.6. The zero-order valence-electron chi connectivity index (χ0n) is 14.0. The van der Waals surface area contributed by atoms with Crippen LogP contribution in [0.15, 0.2) is 58.4 Å². The minimum atomic E-state index is -3.51. The number of carbonyl (C=O) groups excluding carboxylic acids is 1. The minimum absolute atomic E-state index is 0.140. The molecule has 25 heavy (non-hydrogen) atoms. The van der Waals surface area contributed by atoms with E-state index in [4.69, 9.17) is 0 Å². The number of nitrogens with zero attached hydrogens (tertiary/aromatic N) is 3. The molecule has 3 rings (SSSR count). The van der Waals surface area contributed by atoms with Gasteiger partial charge in [0.25, 0.3) is 5.91 Å². The van der Waals surface area contributed by atoms with E-state index >= 15 is 0 Å². The molecule has 1 aromatic heterocycles. The van der Waals surface area contributed by atoms with Crippen LogP contribution in [0.2, 0.25) is 0 Å². The van der Waals surface area contributed by atoms with Crippen molar-refractivity contribution in [3.8, 4) is 0 Å². The van der Waals surface area contributed by atoms with Gasteiger partial charge in [-0.1, -0.05) is 23.5 Å². The molecule has 0 N–H and O–H groups in total. The van der Waals surface area contributed by atoms with E-state index in [-0.39, 0.29) is 4.90 Å². The average Bonchev–Trinajstić information content (AvgIpc) is 2.91. The summed E-state index contributed by atoms with van der Waals surface area (Å²) in [6.07, 6.45) is 0. The van der Waals surface area contributed by atoms with Crippen LogP contribution in [0.3, 0.4) is 0 Å². The van der Waals surface area contributed by atoms with E-state index in [1.54, 1.807) is 0 Å². The van der Waals surface area contributed by atoms with Crippen molar-refractivity contribution in [2.45, 2.75) is 4.90 Å². The largest absolute Gasteiger partial charge is 0.319 e. The predicted octanol–water partition coefficient (Wildman–Crippen LogP) is 2.23. The first kappa shape index (κ1) is 17.5. The molecule has 6 nitrogen and oxygen atoms in total. The van der Waals surface area contributed by atoms with Crippen LogP contribution in [0.25, 0.3) is 10.2 Å². The molecule has 0 saturated carbocycles. The zero-order chi connectivity index (χ0) is 18.2. The number of amides is 1. The second kappa shape index (κ2) is 6.55. The van der Waals surface area contributed by atoms with E-state index in [0.717, 1.165) is 14.5 Å². The molecule has 0 unspecified atom stereocenters. The summed E-state index contributed by atoms with van der Waals surface area (Å²) >= 11 is 1.43. The van der Waals surface area contributed by atoms with E-state index in [2.05, 4.69) is 4.99 Å². The number of fused-ring (bicyclic) bond motifs is 1. The lowest BCUT2D eigenvalue weighted by Gasteiger charge is -2.11. The van der Waals surface area contributed by atoms with Crippen molar-refractivity contribution in [3.05, 3.63) is 58.9 Å². The second-order valence-corrected chi connectivity index (χ2v) is 8.80. The van der Waals surface area contributed by atoms with Crippen molar-refractivity contribution >= 4 is 37.5 Å². The highest BCUT2D eigenvalue weighted by Crippen LogP contribution is 2.16. The third-order valence-electron chi connectivity index (χ3n) is 3.79. The molecule has 1 amide bonds. The predicted molar refractivity (Wildman–Crippen MR) is 98.0 cm³/mol. The minimum Gasteiger partial charge on any atom is -0.319 e. The number of hydrogen-bond acceptors (Lipinski definition) is 4. The molecule has 0 aliphatic heterocycles. The molecule has 130 valence electrons. The lowest BCUT2D eigenvalue weighted by Crippen LogP contribution is -2.22. The molecule has 0 radical (unpaired) electrons. The number of para-hydroxylation sites is 1. The molecular weight excluding hydrogens is 358 g/mol. The van der Waals surface area contributed by atoms with Gasteiger partial charge >= 0.3 is 0 Å². The summed E-state index contributed by atoms with van der Waals surface area (Å²) < 4.78 is 28.2. The van der Waals surface area contributed by atoms with Crippen molar-refractivity contribution in [2.24, 2.45) is 12.0 Å². The molecule has 0 aliphatic rings. The van der Waals surface area contributed by atoms with E-state index in [1.165, 1.54) is 49.7 Å². The van der Waals surface area contributed by atoms with Crippen LogP contribution in [0.4, 0.5) is 0 Å². The van der Waals surface area contributed by atoms with E-state index in [1.807, 2.05) is 35.9 Å². The molecule has 0 atom stereocenters. The Bertz CT molecular complexity index is 1110. The standard InChI is InChI=1S/C17H17N3O3S2/c1-19(2)25(22,23)13-10-8-12(9-11-13)16(21)18-17-20(3)14-6-4-5-7-15(14)24-17/h4-11H,1-3H3. The number of aryl methyl sites for hydroxylation is 1. The molecule has 0 fully saturated rings. The second-order valence-electron chi connectivity index (χ2n) is 5.64. The maximum absolute atomic E-state index is 12.4. The van der Waals surface area contributed by atoms with Gasteiger partial charge in [-0.15, -0.1) is 0 Å². The van der Waals surface area contributed by atoms with Crippen LogP contribution in [0.1, 0.15) is 10.4 Å². The number of rotatable bonds is 3. The Kier molecular flexibility index (Phi) is 4.59. The Morgan fingerprint density at radius 2 is 1.72 bits per heavy atom. The highest BCUT2D eigenvalue weighted by atomic mass is 32.2. The van der Waals surface area contributed by atoms with Gasteiger partial charge in [-0.25, -0.2) is 12.7 Å². The molecular formula is C17H17N3O3S2. The molecule has 0 aliphatic carbocycles. The average molecular weight is 375 g/mol. The topological polar surface area (TPSA) is 71.7 Å². The smallest absolute Gasteiger partial charge is 0.279 e. The third-order valence-corrected chi connectivity index (χ3v) is 6.73. The van der Waals surface area contributed by atoms with E-state index in [9.17, 15) is 13.2 Å². The summed E-state index contributed by atoms with van der Waals surface area (Å²) in [7, 11) is 1.27. The molecule has 8 heteroatoms. The van der Waals surface area contributed by atoms with Crippen LogP contribution in [-0.4, -0.2) is 37.3 Å². The molecule has 0 bridgehead atoms. The molecule has 3 aromatic rings. The van der Waals surface area contributed by atoms with Crippen molar-refractivity contribution in [1.29, 1.82) is 0 Å². The molecule has 0 saturated heterocycles. The van der Waals surface area contributed by atoms with Gasteiger partial charge < -0.3 is 4.57 Å². The van der Waals surface area contributed by atoms with Crippen LogP contribution >= 0.6 is 11.3 Å². The highest BCUT2D eigenvalue weighted by molar-refractivity contribution is 7.89. The third kappa shape index (κ3) is 3.28. The fourth-order valence-electron chi connectivity index (χ4n) is 2.32. The van der Waals surface area contributed by atoms with E-state index < -0.39 is 15.9 Å². The summed E-state index contributed by atoms with van der Waals surface area (Å²) in [6, 6.07) is 13.6. The maximum Gasteiger partial charge on any atom is 0.279 e. The number of carbonyl (C=O) groups is 1. The summed E-state index contributed by atoms with van der Waals surface area (Å²) in [6.45, 7) is 0. The molecule has 0 spiro atoms. The van der Waals surface area contributed by atoms with Crippen LogP contribution in [-0.2, 0) is 17.1 Å². The van der Waals surface area contributed by atoms with Crippen molar-refractivity contribution in [3.63, 3.8) is 0 Å². The van der Waals surface area contributed by atoms with Gasteiger partial charge in [0.05, 0.1) is 15.1 Å². The molecule has 2 aromatic carbocycles. The monoisotopic (exact) mass is 375 g/mol. The van der Waals surface area contributed by atoms with Gasteiger partial charge in [0.1, 0.15) is 0 Å². The number of benzene rings is 2. The SMILES string of the molecule is CN(C)S(=O)(=O)c1ccc(C(=O)N=c2sc3ccccc3n2C)cc1. The lowest BCUT2D eigenvalue weighted by atomic mass is 10.2. The first-order valence-corrected chi connectivity index (χ1v) is 9.72. The number of aromatic nitrogens is 1. The van der Waals surface area contributed by atoms with Gasteiger partial charge in [0, 0.05) is 26.7 Å². The first-order valence-electron chi connectivity index (χ1n) is 7.47. The Morgan fingerprint density at radius 3 is 2.32 bits per heavy atom. The summed E-state index contributed by atoms with van der Waals surface area (Å²) in [4.78, 5) is 17.3. The van der Waals surface area contributed by atoms with Gasteiger partial charge in [-0.2, -0.15) is 4.99 Å². The van der Waals surface area contributed by atoms with Crippen molar-refractivity contribution in [2.75, 3.05) is 14.1 Å². The van der Waals surface area contributed by atoms with Crippen molar-refractivity contribution in [1.82, 2.24) is 8.87 Å². The number of thiazole rings is 1. The normalized spacial score (nSPS) is 12.9. The Labute approximate surface area is 149 Å². The summed E-state index contributed by atoms with van der Waals surface area (Å²) in [5.74, 6) is -0.407. The van der Waals surface area contributed by atoms with Crippen LogP contribution < -0.4 is 4.80 Å². The first-order chi connectivity index (χ1) is 11.8.